The summed E-state index contributed by atoms with van der Waals surface area (Å²) in [6, 6.07) is 13.6. The first-order chi connectivity index (χ1) is 15.4. The molecule has 1 fully saturated rings. The summed E-state index contributed by atoms with van der Waals surface area (Å²) in [6.45, 7) is 8.89. The number of amides is 2. The monoisotopic (exact) mass is 437 g/mol. The summed E-state index contributed by atoms with van der Waals surface area (Å²) >= 11 is 0. The van der Waals surface area contributed by atoms with Crippen LogP contribution in [0.2, 0.25) is 0 Å². The molecule has 2 aliphatic rings. The molecule has 0 aliphatic carbocycles. The predicted octanol–water partition coefficient (Wildman–Crippen LogP) is 3.18. The average molecular weight is 438 g/mol. The van der Waals surface area contributed by atoms with Gasteiger partial charge in [0.2, 0.25) is 5.91 Å². The van der Waals surface area contributed by atoms with Crippen LogP contribution in [-0.4, -0.2) is 62.2 Å². The summed E-state index contributed by atoms with van der Waals surface area (Å²) in [5, 5.41) is 3.11. The maximum Gasteiger partial charge on any atom is 0.265 e. The number of morpholine rings is 1. The number of nitrogens with one attached hydrogen (secondary N) is 1. The molecule has 4 rings (SSSR count). The third-order valence-electron chi connectivity index (χ3n) is 5.99. The zero-order valence-electron chi connectivity index (χ0n) is 19.0. The summed E-state index contributed by atoms with van der Waals surface area (Å²) in [6.07, 6.45) is -0.652. The van der Waals surface area contributed by atoms with Crippen molar-refractivity contribution in [2.45, 2.75) is 32.8 Å². The second kappa shape index (κ2) is 9.61. The maximum atomic E-state index is 13.1. The van der Waals surface area contributed by atoms with E-state index in [0.717, 1.165) is 22.5 Å². The van der Waals surface area contributed by atoms with Crippen LogP contribution >= 0.6 is 0 Å². The molecule has 170 valence electrons. The van der Waals surface area contributed by atoms with E-state index >= 15 is 0 Å². The highest BCUT2D eigenvalue weighted by molar-refractivity contribution is 5.96. The number of para-hydroxylation sites is 3. The van der Waals surface area contributed by atoms with E-state index in [9.17, 15) is 9.59 Å². The van der Waals surface area contributed by atoms with E-state index in [0.29, 0.717) is 44.5 Å². The van der Waals surface area contributed by atoms with Crippen molar-refractivity contribution in [2.75, 3.05) is 49.6 Å². The van der Waals surface area contributed by atoms with E-state index in [1.54, 1.807) is 4.90 Å². The molecule has 0 bridgehead atoms. The van der Waals surface area contributed by atoms with Crippen LogP contribution in [0.5, 0.6) is 5.75 Å². The lowest BCUT2D eigenvalue weighted by atomic mass is 9.98. The summed E-state index contributed by atoms with van der Waals surface area (Å²) in [4.78, 5) is 29.9. The molecular weight excluding hydrogens is 406 g/mol. The first-order valence-corrected chi connectivity index (χ1v) is 11.2. The van der Waals surface area contributed by atoms with Gasteiger partial charge in [-0.05, 0) is 36.1 Å². The molecule has 1 unspecified atom stereocenters. The van der Waals surface area contributed by atoms with Crippen molar-refractivity contribution in [2.24, 2.45) is 0 Å². The number of anilines is 2. The number of ether oxygens (including phenoxy) is 2. The highest BCUT2D eigenvalue weighted by Crippen LogP contribution is 2.34. The average Bonchev–Trinajstić information content (AvgIpc) is 2.80. The first-order valence-electron chi connectivity index (χ1n) is 11.2. The lowest BCUT2D eigenvalue weighted by Gasteiger charge is -2.38. The second-order valence-corrected chi connectivity index (χ2v) is 8.63. The van der Waals surface area contributed by atoms with Crippen LogP contribution in [0.3, 0.4) is 0 Å². The molecule has 1 atom stereocenters. The molecule has 0 saturated carbocycles. The highest BCUT2D eigenvalue weighted by Gasteiger charge is 2.34. The number of aryl methyl sites for hydroxylation is 1. The van der Waals surface area contributed by atoms with Crippen LogP contribution in [-0.2, 0) is 14.3 Å². The van der Waals surface area contributed by atoms with Gasteiger partial charge in [-0.1, -0.05) is 44.2 Å². The lowest BCUT2D eigenvalue weighted by molar-refractivity contribution is -0.142. The molecule has 32 heavy (non-hydrogen) atoms. The first kappa shape index (κ1) is 22.1. The Hall–Kier alpha value is -3.06. The molecule has 2 amide bonds. The van der Waals surface area contributed by atoms with Crippen LogP contribution in [0.15, 0.2) is 42.5 Å². The summed E-state index contributed by atoms with van der Waals surface area (Å²) in [7, 11) is 0. The third-order valence-corrected chi connectivity index (χ3v) is 5.99. The molecule has 2 aromatic carbocycles. The van der Waals surface area contributed by atoms with E-state index < -0.39 is 6.10 Å². The van der Waals surface area contributed by atoms with Crippen molar-refractivity contribution < 1.29 is 19.1 Å². The predicted molar refractivity (Wildman–Crippen MR) is 124 cm³/mol. The molecule has 0 spiro atoms. The number of fused-ring (bicyclic) bond motifs is 1. The highest BCUT2D eigenvalue weighted by atomic mass is 16.5. The van der Waals surface area contributed by atoms with Crippen molar-refractivity contribution in [1.82, 2.24) is 4.90 Å². The minimum Gasteiger partial charge on any atom is -0.477 e. The molecule has 1 N–H and O–H groups in total. The fourth-order valence-corrected chi connectivity index (χ4v) is 4.27. The van der Waals surface area contributed by atoms with Gasteiger partial charge in [-0.25, -0.2) is 0 Å². The van der Waals surface area contributed by atoms with Crippen molar-refractivity contribution in [3.63, 3.8) is 0 Å². The van der Waals surface area contributed by atoms with Gasteiger partial charge in [0.05, 0.1) is 32.0 Å². The van der Waals surface area contributed by atoms with Gasteiger partial charge in [-0.3, -0.25) is 9.59 Å². The van der Waals surface area contributed by atoms with Crippen molar-refractivity contribution >= 4 is 23.2 Å². The Bertz CT molecular complexity index is 985. The molecule has 2 aliphatic heterocycles. The molecule has 7 nitrogen and oxygen atoms in total. The number of carbonyl (C=O) groups excluding carboxylic acids is 2. The summed E-state index contributed by atoms with van der Waals surface area (Å²) in [5.74, 6) is 0.742. The number of rotatable bonds is 5. The Morgan fingerprint density at radius 1 is 1.09 bits per heavy atom. The minimum absolute atomic E-state index is 0.0609. The number of nitrogens with zero attached hydrogens (tertiary/aromatic N) is 2. The van der Waals surface area contributed by atoms with Gasteiger partial charge in [0.1, 0.15) is 5.75 Å². The number of benzene rings is 2. The Labute approximate surface area is 189 Å². The van der Waals surface area contributed by atoms with Crippen LogP contribution in [0.25, 0.3) is 0 Å². The van der Waals surface area contributed by atoms with Gasteiger partial charge in [-0.15, -0.1) is 0 Å². The lowest BCUT2D eigenvalue weighted by Crippen LogP contribution is -2.53. The quantitative estimate of drug-likeness (QED) is 0.778. The van der Waals surface area contributed by atoms with Gasteiger partial charge < -0.3 is 24.6 Å². The van der Waals surface area contributed by atoms with Gasteiger partial charge >= 0.3 is 0 Å². The Morgan fingerprint density at radius 3 is 2.59 bits per heavy atom. The molecule has 1 saturated heterocycles. The molecular formula is C25H31N3O4. The Balaban J connectivity index is 1.52. The van der Waals surface area contributed by atoms with Gasteiger partial charge in [0.25, 0.3) is 5.91 Å². The van der Waals surface area contributed by atoms with Gasteiger partial charge in [0, 0.05) is 18.8 Å². The van der Waals surface area contributed by atoms with Crippen LogP contribution in [0.1, 0.15) is 30.9 Å². The topological polar surface area (TPSA) is 71.1 Å². The fraction of sp³-hybridized carbons (Fsp3) is 0.440. The largest absolute Gasteiger partial charge is 0.477 e. The normalized spacial score (nSPS) is 18.2. The third kappa shape index (κ3) is 4.72. The number of carbonyl (C=O) groups is 2. The molecule has 2 heterocycles. The maximum absolute atomic E-state index is 13.1. The summed E-state index contributed by atoms with van der Waals surface area (Å²) < 4.78 is 11.4. The van der Waals surface area contributed by atoms with Crippen molar-refractivity contribution in [3.05, 3.63) is 53.6 Å². The van der Waals surface area contributed by atoms with Crippen molar-refractivity contribution in [3.8, 4) is 5.75 Å². The fourth-order valence-electron chi connectivity index (χ4n) is 4.27. The van der Waals surface area contributed by atoms with Crippen molar-refractivity contribution in [1.29, 1.82) is 0 Å². The van der Waals surface area contributed by atoms with Gasteiger partial charge in [0.15, 0.2) is 6.10 Å². The van der Waals surface area contributed by atoms with Gasteiger partial charge in [-0.2, -0.15) is 0 Å². The smallest absolute Gasteiger partial charge is 0.265 e. The number of hydrogen-bond donors (Lipinski definition) is 1. The zero-order valence-corrected chi connectivity index (χ0v) is 19.0. The molecule has 0 radical (unpaired) electrons. The minimum atomic E-state index is -0.652. The summed E-state index contributed by atoms with van der Waals surface area (Å²) in [5.41, 5.74) is 3.84. The van der Waals surface area contributed by atoms with Crippen LogP contribution in [0, 0.1) is 6.92 Å². The van der Waals surface area contributed by atoms with E-state index in [1.807, 2.05) is 54.3 Å². The second-order valence-electron chi connectivity index (χ2n) is 8.63. The molecule has 2 aromatic rings. The molecule has 7 heteroatoms. The number of hydrogen-bond acceptors (Lipinski definition) is 5. The van der Waals surface area contributed by atoms with Crippen LogP contribution in [0.4, 0.5) is 11.4 Å². The van der Waals surface area contributed by atoms with E-state index in [4.69, 9.17) is 9.47 Å². The van der Waals surface area contributed by atoms with E-state index in [2.05, 4.69) is 19.2 Å². The molecule has 0 aromatic heterocycles. The SMILES string of the molecule is Cc1cccc(C(C)C)c1NC(=O)CN1CC(C(=O)N2CCOCC2)Oc2ccccc21. The standard InChI is InChI=1S/C25H31N3O4/c1-17(2)19-8-6-7-18(3)24(19)26-23(29)16-28-15-22(25(30)27-11-13-31-14-12-27)32-21-10-5-4-9-20(21)28/h4-10,17,22H,11-16H2,1-3H3,(H,26,29). The Kier molecular flexibility index (Phi) is 6.65. The van der Waals surface area contributed by atoms with Crippen LogP contribution < -0.4 is 15.0 Å². The van der Waals surface area contributed by atoms with E-state index in [1.165, 1.54) is 0 Å². The zero-order chi connectivity index (χ0) is 22.7. The van der Waals surface area contributed by atoms with E-state index in [-0.39, 0.29) is 18.4 Å². The Morgan fingerprint density at radius 2 is 1.84 bits per heavy atom.